The Balaban J connectivity index is 1.87. The third-order valence-corrected chi connectivity index (χ3v) is 4.16. The van der Waals surface area contributed by atoms with Gasteiger partial charge in [-0.05, 0) is 50.6 Å². The molecule has 1 fully saturated rings. The van der Waals surface area contributed by atoms with Crippen molar-refractivity contribution in [2.24, 2.45) is 17.6 Å². The van der Waals surface area contributed by atoms with E-state index in [0.29, 0.717) is 5.92 Å². The SMILES string of the molecule is CN(C)Nc1cc(NC(=O)C2CCC(CCN)CC2)ccn1. The average Bonchev–Trinajstić information content (AvgIpc) is 2.48. The number of hydrogen-bond acceptors (Lipinski definition) is 5. The number of carbonyl (C=O) groups excluding carboxylic acids is 1. The standard InChI is InChI=1S/C16H27N5O/c1-21(2)20-15-11-14(8-10-18-15)19-16(22)13-5-3-12(4-6-13)7-9-17/h8,10-13H,3-7,9,17H2,1-2H3,(H2,18,19,20,22). The maximum absolute atomic E-state index is 12.4. The average molecular weight is 305 g/mol. The molecule has 1 aliphatic rings. The van der Waals surface area contributed by atoms with Gasteiger partial charge in [0.15, 0.2) is 0 Å². The molecule has 0 unspecified atom stereocenters. The molecule has 0 spiro atoms. The summed E-state index contributed by atoms with van der Waals surface area (Å²) in [6, 6.07) is 3.66. The van der Waals surface area contributed by atoms with Crippen molar-refractivity contribution in [2.45, 2.75) is 32.1 Å². The number of aromatic nitrogens is 1. The number of carbonyl (C=O) groups is 1. The smallest absolute Gasteiger partial charge is 0.227 e. The van der Waals surface area contributed by atoms with Crippen LogP contribution in [-0.4, -0.2) is 36.5 Å². The maximum Gasteiger partial charge on any atom is 0.227 e. The fourth-order valence-electron chi connectivity index (χ4n) is 2.99. The third-order valence-electron chi connectivity index (χ3n) is 4.16. The van der Waals surface area contributed by atoms with Crippen LogP contribution in [0.3, 0.4) is 0 Å². The second-order valence-corrected chi connectivity index (χ2v) is 6.22. The first-order valence-electron chi connectivity index (χ1n) is 7.99. The molecule has 1 saturated carbocycles. The second kappa shape index (κ2) is 8.10. The van der Waals surface area contributed by atoms with Crippen LogP contribution in [0.25, 0.3) is 0 Å². The van der Waals surface area contributed by atoms with Crippen LogP contribution in [0.1, 0.15) is 32.1 Å². The van der Waals surface area contributed by atoms with Gasteiger partial charge in [-0.2, -0.15) is 0 Å². The lowest BCUT2D eigenvalue weighted by Crippen LogP contribution is -2.28. The Hall–Kier alpha value is -1.66. The van der Waals surface area contributed by atoms with Gasteiger partial charge in [0.25, 0.3) is 0 Å². The fourth-order valence-corrected chi connectivity index (χ4v) is 2.99. The van der Waals surface area contributed by atoms with Gasteiger partial charge in [0, 0.05) is 38.0 Å². The number of nitrogens with one attached hydrogen (secondary N) is 2. The molecule has 0 atom stereocenters. The van der Waals surface area contributed by atoms with E-state index in [4.69, 9.17) is 5.73 Å². The molecule has 1 amide bonds. The van der Waals surface area contributed by atoms with Crippen molar-refractivity contribution in [1.82, 2.24) is 9.99 Å². The zero-order valence-corrected chi connectivity index (χ0v) is 13.5. The van der Waals surface area contributed by atoms with E-state index >= 15 is 0 Å². The van der Waals surface area contributed by atoms with E-state index in [1.165, 1.54) is 0 Å². The first kappa shape index (κ1) is 16.7. The Morgan fingerprint density at radius 2 is 2.09 bits per heavy atom. The van der Waals surface area contributed by atoms with Crippen LogP contribution in [0.15, 0.2) is 18.3 Å². The van der Waals surface area contributed by atoms with Crippen LogP contribution in [0, 0.1) is 11.8 Å². The summed E-state index contributed by atoms with van der Waals surface area (Å²) in [5.41, 5.74) is 9.47. The molecule has 0 aromatic carbocycles. The van der Waals surface area contributed by atoms with E-state index in [-0.39, 0.29) is 11.8 Å². The summed E-state index contributed by atoms with van der Waals surface area (Å²) < 4.78 is 0. The lowest BCUT2D eigenvalue weighted by molar-refractivity contribution is -0.121. The molecule has 4 N–H and O–H groups in total. The van der Waals surface area contributed by atoms with Gasteiger partial charge in [0.05, 0.1) is 0 Å². The van der Waals surface area contributed by atoms with Crippen LogP contribution >= 0.6 is 0 Å². The highest BCUT2D eigenvalue weighted by Gasteiger charge is 2.25. The maximum atomic E-state index is 12.4. The Morgan fingerprint density at radius 1 is 1.36 bits per heavy atom. The minimum absolute atomic E-state index is 0.118. The first-order chi connectivity index (χ1) is 10.6. The number of pyridine rings is 1. The highest BCUT2D eigenvalue weighted by atomic mass is 16.1. The van der Waals surface area contributed by atoms with E-state index in [0.717, 1.165) is 50.2 Å². The van der Waals surface area contributed by atoms with Gasteiger partial charge in [-0.3, -0.25) is 4.79 Å². The number of nitrogens with two attached hydrogens (primary N) is 1. The van der Waals surface area contributed by atoms with Crippen LogP contribution in [0.2, 0.25) is 0 Å². The molecule has 1 aromatic rings. The molecule has 0 saturated heterocycles. The van der Waals surface area contributed by atoms with Crippen LogP contribution in [-0.2, 0) is 4.79 Å². The monoisotopic (exact) mass is 305 g/mol. The Morgan fingerprint density at radius 3 is 2.73 bits per heavy atom. The quantitative estimate of drug-likeness (QED) is 0.701. The van der Waals surface area contributed by atoms with Crippen molar-refractivity contribution in [3.63, 3.8) is 0 Å². The first-order valence-corrected chi connectivity index (χ1v) is 7.99. The van der Waals surface area contributed by atoms with Crippen molar-refractivity contribution in [1.29, 1.82) is 0 Å². The van der Waals surface area contributed by atoms with Crippen molar-refractivity contribution in [3.05, 3.63) is 18.3 Å². The second-order valence-electron chi connectivity index (χ2n) is 6.22. The molecule has 1 aromatic heterocycles. The van der Waals surface area contributed by atoms with Gasteiger partial charge < -0.3 is 16.5 Å². The molecule has 2 rings (SSSR count). The summed E-state index contributed by atoms with van der Waals surface area (Å²) in [6.45, 7) is 0.750. The zero-order valence-electron chi connectivity index (χ0n) is 13.5. The molecule has 22 heavy (non-hydrogen) atoms. The summed E-state index contributed by atoms with van der Waals surface area (Å²) in [7, 11) is 3.79. The topological polar surface area (TPSA) is 83.3 Å². The molecule has 1 aliphatic carbocycles. The number of hydrazine groups is 1. The molecular formula is C16H27N5O. The summed E-state index contributed by atoms with van der Waals surface area (Å²) in [5.74, 6) is 1.65. The third kappa shape index (κ3) is 4.96. The lowest BCUT2D eigenvalue weighted by Gasteiger charge is -2.27. The largest absolute Gasteiger partial charge is 0.330 e. The summed E-state index contributed by atoms with van der Waals surface area (Å²) in [5, 5.41) is 4.82. The van der Waals surface area contributed by atoms with E-state index in [1.54, 1.807) is 6.20 Å². The van der Waals surface area contributed by atoms with E-state index in [9.17, 15) is 4.79 Å². The number of rotatable bonds is 6. The minimum Gasteiger partial charge on any atom is -0.330 e. The molecule has 0 bridgehead atoms. The molecule has 6 heteroatoms. The van der Waals surface area contributed by atoms with Crippen molar-refractivity contribution < 1.29 is 4.79 Å². The number of anilines is 2. The highest BCUT2D eigenvalue weighted by molar-refractivity contribution is 5.92. The van der Waals surface area contributed by atoms with Gasteiger partial charge in [0.2, 0.25) is 5.91 Å². The summed E-state index contributed by atoms with van der Waals surface area (Å²) in [4.78, 5) is 16.6. The molecule has 0 aliphatic heterocycles. The predicted octanol–water partition coefficient (Wildman–Crippen LogP) is 2.06. The molecular weight excluding hydrogens is 278 g/mol. The van der Waals surface area contributed by atoms with Crippen LogP contribution in [0.4, 0.5) is 11.5 Å². The van der Waals surface area contributed by atoms with E-state index in [1.807, 2.05) is 31.2 Å². The molecule has 6 nitrogen and oxygen atoms in total. The minimum atomic E-state index is 0.118. The Labute approximate surface area is 132 Å². The van der Waals surface area contributed by atoms with Crippen molar-refractivity contribution >= 4 is 17.4 Å². The van der Waals surface area contributed by atoms with Gasteiger partial charge >= 0.3 is 0 Å². The van der Waals surface area contributed by atoms with Gasteiger partial charge in [-0.1, -0.05) is 0 Å². The predicted molar refractivity (Wildman–Crippen MR) is 89.3 cm³/mol. The molecule has 122 valence electrons. The van der Waals surface area contributed by atoms with Crippen molar-refractivity contribution in [3.8, 4) is 0 Å². The zero-order chi connectivity index (χ0) is 15.9. The Kier molecular flexibility index (Phi) is 6.15. The van der Waals surface area contributed by atoms with Crippen molar-refractivity contribution in [2.75, 3.05) is 31.4 Å². The summed E-state index contributed by atoms with van der Waals surface area (Å²) in [6.07, 6.45) is 6.92. The van der Waals surface area contributed by atoms with Gasteiger partial charge in [0.1, 0.15) is 5.82 Å². The Bertz CT molecular complexity index is 483. The van der Waals surface area contributed by atoms with Gasteiger partial charge in [-0.15, -0.1) is 0 Å². The number of amides is 1. The normalized spacial score (nSPS) is 21.6. The highest BCUT2D eigenvalue weighted by Crippen LogP contribution is 2.31. The van der Waals surface area contributed by atoms with Crippen LogP contribution < -0.4 is 16.5 Å². The fraction of sp³-hybridized carbons (Fsp3) is 0.625. The van der Waals surface area contributed by atoms with Gasteiger partial charge in [-0.25, -0.2) is 9.99 Å². The lowest BCUT2D eigenvalue weighted by atomic mass is 9.80. The molecule has 0 radical (unpaired) electrons. The van der Waals surface area contributed by atoms with E-state index < -0.39 is 0 Å². The van der Waals surface area contributed by atoms with Crippen LogP contribution in [0.5, 0.6) is 0 Å². The summed E-state index contributed by atoms with van der Waals surface area (Å²) >= 11 is 0. The number of nitrogens with zero attached hydrogens (tertiary/aromatic N) is 2. The molecule has 1 heterocycles. The number of hydrogen-bond donors (Lipinski definition) is 3. The van der Waals surface area contributed by atoms with E-state index in [2.05, 4.69) is 15.7 Å².